The molecule has 0 aliphatic rings. The third-order valence-corrected chi connectivity index (χ3v) is 3.43. The molecule has 1 aromatic rings. The molecule has 1 amide bonds. The van der Waals surface area contributed by atoms with Gasteiger partial charge < -0.3 is 14.8 Å². The molecule has 1 N–H and O–H groups in total. The summed E-state index contributed by atoms with van der Waals surface area (Å²) in [6, 6.07) is 0. The largest absolute Gasteiger partial charge is 0.340 e. The van der Waals surface area contributed by atoms with Gasteiger partial charge in [-0.25, -0.2) is 4.79 Å². The molecule has 0 fully saturated rings. The maximum atomic E-state index is 12.2. The number of rotatable bonds is 4. The van der Waals surface area contributed by atoms with Crippen LogP contribution in [0.4, 0.5) is 0 Å². The summed E-state index contributed by atoms with van der Waals surface area (Å²) in [5.74, 6) is -0.129. The number of carbonyl (C=O) groups is 1. The summed E-state index contributed by atoms with van der Waals surface area (Å²) in [4.78, 5) is 37.3. The second-order valence-corrected chi connectivity index (χ2v) is 5.45. The number of nitrogens with zero attached hydrogens (tertiary/aromatic N) is 3. The van der Waals surface area contributed by atoms with Gasteiger partial charge in [-0.15, -0.1) is 0 Å². The van der Waals surface area contributed by atoms with Crippen LogP contribution in [-0.2, 0) is 25.4 Å². The van der Waals surface area contributed by atoms with Gasteiger partial charge in [0.2, 0.25) is 5.91 Å². The summed E-state index contributed by atoms with van der Waals surface area (Å²) in [7, 11) is 6.33. The lowest BCUT2D eigenvalue weighted by atomic mass is 10.0. The molecule has 0 radical (unpaired) electrons. The maximum Gasteiger partial charge on any atom is 0.330 e. The lowest BCUT2D eigenvalue weighted by Crippen LogP contribution is -2.52. The van der Waals surface area contributed by atoms with Gasteiger partial charge in [0, 0.05) is 27.3 Å². The fourth-order valence-electron chi connectivity index (χ4n) is 1.90. The van der Waals surface area contributed by atoms with E-state index in [1.54, 1.807) is 35.0 Å². The maximum absolute atomic E-state index is 12.2. The van der Waals surface area contributed by atoms with E-state index in [2.05, 4.69) is 5.32 Å². The number of aromatic nitrogens is 2. The van der Waals surface area contributed by atoms with E-state index in [0.717, 1.165) is 4.57 Å². The van der Waals surface area contributed by atoms with E-state index in [-0.39, 0.29) is 23.7 Å². The molecule has 112 valence electrons. The molecule has 0 aromatic carbocycles. The molecule has 0 aliphatic heterocycles. The van der Waals surface area contributed by atoms with Crippen molar-refractivity contribution < 1.29 is 4.79 Å². The summed E-state index contributed by atoms with van der Waals surface area (Å²) < 4.78 is 2.37. The van der Waals surface area contributed by atoms with E-state index in [0.29, 0.717) is 5.56 Å². The smallest absolute Gasteiger partial charge is 0.330 e. The number of carbonyl (C=O) groups excluding carboxylic acids is 1. The SMILES string of the molecule is CNC(C)(C)C(=O)N(C)Cc1cn(C)c(=O)n(C)c1=O. The summed E-state index contributed by atoms with van der Waals surface area (Å²) in [6.07, 6.45) is 1.47. The summed E-state index contributed by atoms with van der Waals surface area (Å²) in [6.45, 7) is 3.69. The van der Waals surface area contributed by atoms with Gasteiger partial charge in [0.25, 0.3) is 5.56 Å². The van der Waals surface area contributed by atoms with E-state index in [9.17, 15) is 14.4 Å². The first kappa shape index (κ1) is 16.2. The van der Waals surface area contributed by atoms with Crippen molar-refractivity contribution in [2.75, 3.05) is 14.1 Å². The van der Waals surface area contributed by atoms with E-state index < -0.39 is 5.54 Å². The van der Waals surface area contributed by atoms with Crippen molar-refractivity contribution in [3.63, 3.8) is 0 Å². The number of nitrogens with one attached hydrogen (secondary N) is 1. The minimum atomic E-state index is -0.708. The van der Waals surface area contributed by atoms with Crippen LogP contribution in [0.2, 0.25) is 0 Å². The standard InChI is InChI=1S/C13H22N4O3/c1-13(2,14-3)11(19)15(4)7-9-8-16(5)12(20)17(6)10(9)18/h8,14H,7H2,1-6H3. The molecular formula is C13H22N4O3. The van der Waals surface area contributed by atoms with E-state index in [1.807, 2.05) is 0 Å². The fourth-order valence-corrected chi connectivity index (χ4v) is 1.90. The molecule has 20 heavy (non-hydrogen) atoms. The Morgan fingerprint density at radius 1 is 1.35 bits per heavy atom. The molecule has 1 aromatic heterocycles. The first-order valence-corrected chi connectivity index (χ1v) is 6.32. The van der Waals surface area contributed by atoms with Crippen LogP contribution in [0.25, 0.3) is 0 Å². The van der Waals surface area contributed by atoms with Crippen LogP contribution in [0.1, 0.15) is 19.4 Å². The highest BCUT2D eigenvalue weighted by Crippen LogP contribution is 2.07. The zero-order chi connectivity index (χ0) is 15.7. The van der Waals surface area contributed by atoms with Crippen molar-refractivity contribution in [1.82, 2.24) is 19.4 Å². The summed E-state index contributed by atoms with van der Waals surface area (Å²) in [5, 5.41) is 2.92. The second kappa shape index (κ2) is 5.62. The van der Waals surface area contributed by atoms with Crippen LogP contribution in [-0.4, -0.2) is 39.6 Å². The summed E-state index contributed by atoms with van der Waals surface area (Å²) in [5.41, 5.74) is -1.07. The van der Waals surface area contributed by atoms with E-state index >= 15 is 0 Å². The van der Waals surface area contributed by atoms with Crippen molar-refractivity contribution in [2.45, 2.75) is 25.9 Å². The minimum absolute atomic E-state index is 0.129. The van der Waals surface area contributed by atoms with Gasteiger partial charge in [-0.3, -0.25) is 14.2 Å². The van der Waals surface area contributed by atoms with Crippen molar-refractivity contribution in [1.29, 1.82) is 0 Å². The Labute approximate surface area is 117 Å². The number of amides is 1. The Hall–Kier alpha value is -1.89. The van der Waals surface area contributed by atoms with Crippen LogP contribution in [0.15, 0.2) is 15.8 Å². The Bertz CT molecular complexity index is 627. The third kappa shape index (κ3) is 2.98. The first-order chi connectivity index (χ1) is 9.11. The van der Waals surface area contributed by atoms with Crippen LogP contribution in [0, 0.1) is 0 Å². The molecule has 0 saturated heterocycles. The van der Waals surface area contributed by atoms with Crippen molar-refractivity contribution in [3.05, 3.63) is 32.6 Å². The van der Waals surface area contributed by atoms with Gasteiger partial charge in [0.1, 0.15) is 0 Å². The third-order valence-electron chi connectivity index (χ3n) is 3.43. The Morgan fingerprint density at radius 2 is 1.90 bits per heavy atom. The number of likely N-dealkylation sites (N-methyl/N-ethyl adjacent to an activating group) is 2. The molecule has 0 spiro atoms. The number of aryl methyl sites for hydroxylation is 1. The average Bonchev–Trinajstić information content (AvgIpc) is 2.41. The second-order valence-electron chi connectivity index (χ2n) is 5.45. The van der Waals surface area contributed by atoms with Crippen molar-refractivity contribution in [3.8, 4) is 0 Å². The monoisotopic (exact) mass is 282 g/mol. The topological polar surface area (TPSA) is 76.3 Å². The predicted molar refractivity (Wildman–Crippen MR) is 76.5 cm³/mol. The van der Waals surface area contributed by atoms with Gasteiger partial charge in [-0.2, -0.15) is 0 Å². The molecule has 0 bridgehead atoms. The predicted octanol–water partition coefficient (Wildman–Crippen LogP) is -0.960. The Kier molecular flexibility index (Phi) is 4.54. The van der Waals surface area contributed by atoms with Crippen LogP contribution < -0.4 is 16.6 Å². The Balaban J connectivity index is 3.10. The quantitative estimate of drug-likeness (QED) is 0.772. The molecular weight excluding hydrogens is 260 g/mol. The fraction of sp³-hybridized carbons (Fsp3) is 0.615. The van der Waals surface area contributed by atoms with Gasteiger partial charge >= 0.3 is 5.69 Å². The molecule has 0 aliphatic carbocycles. The van der Waals surface area contributed by atoms with Crippen LogP contribution in [0.3, 0.4) is 0 Å². The molecule has 7 heteroatoms. The van der Waals surface area contributed by atoms with Crippen LogP contribution in [0.5, 0.6) is 0 Å². The molecule has 1 rings (SSSR count). The average molecular weight is 282 g/mol. The van der Waals surface area contributed by atoms with Gasteiger partial charge in [0.15, 0.2) is 0 Å². The van der Waals surface area contributed by atoms with Crippen molar-refractivity contribution in [2.24, 2.45) is 14.1 Å². The highest BCUT2D eigenvalue weighted by Gasteiger charge is 2.28. The minimum Gasteiger partial charge on any atom is -0.340 e. The van der Waals surface area contributed by atoms with E-state index in [4.69, 9.17) is 0 Å². The number of hydrogen-bond acceptors (Lipinski definition) is 4. The molecule has 0 unspecified atom stereocenters. The highest BCUT2D eigenvalue weighted by atomic mass is 16.2. The van der Waals surface area contributed by atoms with Crippen LogP contribution >= 0.6 is 0 Å². The molecule has 0 saturated carbocycles. The van der Waals surface area contributed by atoms with E-state index in [1.165, 1.54) is 22.7 Å². The lowest BCUT2D eigenvalue weighted by molar-refractivity contribution is -0.136. The zero-order valence-corrected chi connectivity index (χ0v) is 12.9. The van der Waals surface area contributed by atoms with Gasteiger partial charge in [0.05, 0.1) is 17.6 Å². The normalized spacial score (nSPS) is 11.5. The molecule has 1 heterocycles. The highest BCUT2D eigenvalue weighted by molar-refractivity contribution is 5.85. The first-order valence-electron chi connectivity index (χ1n) is 6.32. The van der Waals surface area contributed by atoms with Gasteiger partial charge in [-0.05, 0) is 20.9 Å². The summed E-state index contributed by atoms with van der Waals surface area (Å²) >= 11 is 0. The molecule has 0 atom stereocenters. The van der Waals surface area contributed by atoms with Crippen molar-refractivity contribution >= 4 is 5.91 Å². The van der Waals surface area contributed by atoms with Gasteiger partial charge in [-0.1, -0.05) is 0 Å². The Morgan fingerprint density at radius 3 is 2.40 bits per heavy atom. The number of hydrogen-bond donors (Lipinski definition) is 1. The lowest BCUT2D eigenvalue weighted by Gasteiger charge is -2.29. The zero-order valence-electron chi connectivity index (χ0n) is 12.9. The molecule has 7 nitrogen and oxygen atoms in total.